The fourth-order valence-corrected chi connectivity index (χ4v) is 4.63. The second-order valence-electron chi connectivity index (χ2n) is 6.70. The Hall–Kier alpha value is -2.41. The first-order valence-electron chi connectivity index (χ1n) is 8.35. The molecule has 1 aliphatic rings. The SMILES string of the molecule is CC(NC(=O)c1ccc2c(c1)CC(C)N2S(C)(=O)=O)c1ccc(F)cc1. The lowest BCUT2D eigenvalue weighted by Crippen LogP contribution is -2.34. The number of rotatable bonds is 4. The summed E-state index contributed by atoms with van der Waals surface area (Å²) in [6.45, 7) is 3.67. The number of sulfonamides is 1. The molecule has 0 aromatic heterocycles. The maximum atomic E-state index is 13.0. The van der Waals surface area contributed by atoms with Gasteiger partial charge >= 0.3 is 0 Å². The van der Waals surface area contributed by atoms with Gasteiger partial charge in [0.05, 0.1) is 18.0 Å². The minimum atomic E-state index is -3.35. The summed E-state index contributed by atoms with van der Waals surface area (Å²) in [5.74, 6) is -0.578. The third-order valence-electron chi connectivity index (χ3n) is 4.57. The molecule has 0 aliphatic carbocycles. The summed E-state index contributed by atoms with van der Waals surface area (Å²) in [6.07, 6.45) is 1.75. The molecule has 2 atom stereocenters. The molecule has 0 fully saturated rings. The zero-order valence-corrected chi connectivity index (χ0v) is 15.7. The molecular weight excluding hydrogens is 355 g/mol. The van der Waals surface area contributed by atoms with Gasteiger partial charge in [0, 0.05) is 11.6 Å². The molecule has 0 spiro atoms. The number of hydrogen-bond donors (Lipinski definition) is 1. The molecular formula is C19H21FN2O3S. The van der Waals surface area contributed by atoms with Crippen LogP contribution in [0.3, 0.4) is 0 Å². The maximum absolute atomic E-state index is 13.0. The first kappa shape index (κ1) is 18.4. The molecule has 7 heteroatoms. The summed E-state index contributed by atoms with van der Waals surface area (Å²) in [7, 11) is -3.35. The molecule has 0 bridgehead atoms. The molecule has 0 radical (unpaired) electrons. The lowest BCUT2D eigenvalue weighted by atomic mass is 10.0. The molecule has 1 amide bonds. The predicted octanol–water partition coefficient (Wildman–Crippen LogP) is 3.03. The second kappa shape index (κ2) is 6.72. The summed E-state index contributed by atoms with van der Waals surface area (Å²) >= 11 is 0. The number of anilines is 1. The van der Waals surface area contributed by atoms with Crippen LogP contribution in [0.2, 0.25) is 0 Å². The van der Waals surface area contributed by atoms with Gasteiger partial charge in [-0.2, -0.15) is 0 Å². The largest absolute Gasteiger partial charge is 0.346 e. The number of hydrogen-bond acceptors (Lipinski definition) is 3. The van der Waals surface area contributed by atoms with E-state index in [1.165, 1.54) is 22.7 Å². The van der Waals surface area contributed by atoms with Crippen LogP contribution in [-0.4, -0.2) is 26.6 Å². The summed E-state index contributed by atoms with van der Waals surface area (Å²) in [4.78, 5) is 12.5. The van der Waals surface area contributed by atoms with Gasteiger partial charge in [-0.3, -0.25) is 9.10 Å². The Morgan fingerprint density at radius 3 is 2.50 bits per heavy atom. The van der Waals surface area contributed by atoms with E-state index in [1.54, 1.807) is 30.3 Å². The lowest BCUT2D eigenvalue weighted by Gasteiger charge is -2.22. The summed E-state index contributed by atoms with van der Waals surface area (Å²) in [5.41, 5.74) is 2.74. The van der Waals surface area contributed by atoms with Gasteiger partial charge in [0.15, 0.2) is 0 Å². The highest BCUT2D eigenvalue weighted by atomic mass is 32.2. The fourth-order valence-electron chi connectivity index (χ4n) is 3.36. The summed E-state index contributed by atoms with van der Waals surface area (Å²) < 4.78 is 38.4. The van der Waals surface area contributed by atoms with E-state index in [-0.39, 0.29) is 23.8 Å². The van der Waals surface area contributed by atoms with Crippen molar-refractivity contribution in [3.05, 3.63) is 65.0 Å². The van der Waals surface area contributed by atoms with E-state index in [1.807, 2.05) is 13.8 Å². The second-order valence-corrected chi connectivity index (χ2v) is 8.56. The molecule has 2 unspecified atom stereocenters. The van der Waals surface area contributed by atoms with E-state index in [9.17, 15) is 17.6 Å². The van der Waals surface area contributed by atoms with Crippen LogP contribution >= 0.6 is 0 Å². The number of carbonyl (C=O) groups excluding carboxylic acids is 1. The monoisotopic (exact) mass is 376 g/mol. The van der Waals surface area contributed by atoms with Crippen molar-refractivity contribution in [2.75, 3.05) is 10.6 Å². The van der Waals surface area contributed by atoms with Crippen LogP contribution in [0.15, 0.2) is 42.5 Å². The Morgan fingerprint density at radius 1 is 1.23 bits per heavy atom. The van der Waals surface area contributed by atoms with Crippen molar-refractivity contribution in [2.24, 2.45) is 0 Å². The molecule has 1 N–H and O–H groups in total. The zero-order valence-electron chi connectivity index (χ0n) is 14.9. The van der Waals surface area contributed by atoms with Crippen molar-refractivity contribution in [3.63, 3.8) is 0 Å². The maximum Gasteiger partial charge on any atom is 0.251 e. The average molecular weight is 376 g/mol. The molecule has 1 heterocycles. The van der Waals surface area contributed by atoms with Gasteiger partial charge < -0.3 is 5.32 Å². The van der Waals surface area contributed by atoms with E-state index in [2.05, 4.69) is 5.32 Å². The minimum Gasteiger partial charge on any atom is -0.346 e. The van der Waals surface area contributed by atoms with Gasteiger partial charge in [-0.15, -0.1) is 0 Å². The van der Waals surface area contributed by atoms with Gasteiger partial charge in [-0.1, -0.05) is 12.1 Å². The summed E-state index contributed by atoms with van der Waals surface area (Å²) in [6, 6.07) is 10.6. The van der Waals surface area contributed by atoms with Crippen molar-refractivity contribution in [2.45, 2.75) is 32.4 Å². The van der Waals surface area contributed by atoms with E-state index in [4.69, 9.17) is 0 Å². The first-order chi connectivity index (χ1) is 12.2. The number of nitrogens with zero attached hydrogens (tertiary/aromatic N) is 1. The van der Waals surface area contributed by atoms with E-state index in [0.29, 0.717) is 17.7 Å². The topological polar surface area (TPSA) is 66.5 Å². The number of carbonyl (C=O) groups is 1. The number of amides is 1. The molecule has 2 aromatic carbocycles. The van der Waals surface area contributed by atoms with E-state index < -0.39 is 10.0 Å². The predicted molar refractivity (Wildman–Crippen MR) is 99.2 cm³/mol. The van der Waals surface area contributed by atoms with Crippen molar-refractivity contribution < 1.29 is 17.6 Å². The van der Waals surface area contributed by atoms with Gasteiger partial charge in [0.1, 0.15) is 5.82 Å². The van der Waals surface area contributed by atoms with Crippen LogP contribution in [0.5, 0.6) is 0 Å². The Labute approximate surface area is 152 Å². The fraction of sp³-hybridized carbons (Fsp3) is 0.316. The Bertz CT molecular complexity index is 942. The Morgan fingerprint density at radius 2 is 1.88 bits per heavy atom. The standard InChI is InChI=1S/C19H21FN2O3S/c1-12-10-16-11-15(6-9-18(16)22(12)26(3,24)25)19(23)21-13(2)14-4-7-17(20)8-5-14/h4-9,11-13H,10H2,1-3H3,(H,21,23). The highest BCUT2D eigenvalue weighted by Gasteiger charge is 2.32. The number of nitrogens with one attached hydrogen (secondary N) is 1. The van der Waals surface area contributed by atoms with Gasteiger partial charge in [-0.05, 0) is 61.7 Å². The molecule has 26 heavy (non-hydrogen) atoms. The Balaban J connectivity index is 1.80. The highest BCUT2D eigenvalue weighted by molar-refractivity contribution is 7.92. The van der Waals surface area contributed by atoms with Gasteiger partial charge in [0.25, 0.3) is 5.91 Å². The molecule has 1 aliphatic heterocycles. The zero-order chi connectivity index (χ0) is 19.1. The lowest BCUT2D eigenvalue weighted by molar-refractivity contribution is 0.0940. The highest BCUT2D eigenvalue weighted by Crippen LogP contribution is 2.34. The minimum absolute atomic E-state index is 0.170. The quantitative estimate of drug-likeness (QED) is 0.892. The number of fused-ring (bicyclic) bond motifs is 1. The van der Waals surface area contributed by atoms with Crippen molar-refractivity contribution >= 4 is 21.6 Å². The van der Waals surface area contributed by atoms with Crippen molar-refractivity contribution in [1.29, 1.82) is 0 Å². The number of benzene rings is 2. The third kappa shape index (κ3) is 3.58. The van der Waals surface area contributed by atoms with Crippen LogP contribution in [0.1, 0.15) is 41.4 Å². The molecule has 2 aromatic rings. The number of halogens is 1. The van der Waals surface area contributed by atoms with Crippen LogP contribution in [0.4, 0.5) is 10.1 Å². The van der Waals surface area contributed by atoms with Crippen LogP contribution in [-0.2, 0) is 16.4 Å². The summed E-state index contributed by atoms with van der Waals surface area (Å²) in [5, 5.41) is 2.88. The molecule has 138 valence electrons. The molecule has 5 nitrogen and oxygen atoms in total. The average Bonchev–Trinajstić information content (AvgIpc) is 2.90. The Kier molecular flexibility index (Phi) is 4.75. The molecule has 3 rings (SSSR count). The van der Waals surface area contributed by atoms with Crippen LogP contribution < -0.4 is 9.62 Å². The normalized spacial score (nSPS) is 17.7. The van der Waals surface area contributed by atoms with Crippen molar-refractivity contribution in [1.82, 2.24) is 5.32 Å². The van der Waals surface area contributed by atoms with E-state index >= 15 is 0 Å². The third-order valence-corrected chi connectivity index (χ3v) is 5.84. The van der Waals surface area contributed by atoms with Gasteiger partial charge in [-0.25, -0.2) is 12.8 Å². The molecule has 0 saturated heterocycles. The first-order valence-corrected chi connectivity index (χ1v) is 10.2. The van der Waals surface area contributed by atoms with Gasteiger partial charge in [0.2, 0.25) is 10.0 Å². The smallest absolute Gasteiger partial charge is 0.251 e. The van der Waals surface area contributed by atoms with E-state index in [0.717, 1.165) is 11.1 Å². The molecule has 0 saturated carbocycles. The van der Waals surface area contributed by atoms with Crippen LogP contribution in [0, 0.1) is 5.82 Å². The van der Waals surface area contributed by atoms with Crippen LogP contribution in [0.25, 0.3) is 0 Å². The van der Waals surface area contributed by atoms with Crippen molar-refractivity contribution in [3.8, 4) is 0 Å².